The SMILES string of the molecule is CC1C=CC=C(N2CCNCC2)C=N1. The average Bonchev–Trinajstić information content (AvgIpc) is 2.44. The number of hydrogen-bond acceptors (Lipinski definition) is 3. The number of allylic oxidation sites excluding steroid dienone is 3. The van der Waals surface area contributed by atoms with Gasteiger partial charge in [0.2, 0.25) is 0 Å². The molecule has 0 aromatic rings. The number of nitrogens with one attached hydrogen (secondary N) is 1. The molecule has 3 nitrogen and oxygen atoms in total. The summed E-state index contributed by atoms with van der Waals surface area (Å²) in [5, 5.41) is 3.35. The molecule has 0 aliphatic carbocycles. The maximum absolute atomic E-state index is 4.44. The molecule has 2 aliphatic heterocycles. The van der Waals surface area contributed by atoms with E-state index in [-0.39, 0.29) is 0 Å². The second-order valence-electron chi connectivity index (χ2n) is 3.73. The first-order chi connectivity index (χ1) is 6.86. The number of rotatable bonds is 1. The van der Waals surface area contributed by atoms with Crippen LogP contribution in [0.4, 0.5) is 0 Å². The lowest BCUT2D eigenvalue weighted by atomic mass is 10.3. The van der Waals surface area contributed by atoms with E-state index in [2.05, 4.69) is 40.4 Å². The van der Waals surface area contributed by atoms with Gasteiger partial charge < -0.3 is 10.2 Å². The fourth-order valence-electron chi connectivity index (χ4n) is 1.71. The summed E-state index contributed by atoms with van der Waals surface area (Å²) in [6.07, 6.45) is 8.37. The molecule has 1 fully saturated rings. The van der Waals surface area contributed by atoms with E-state index >= 15 is 0 Å². The van der Waals surface area contributed by atoms with Gasteiger partial charge in [-0.1, -0.05) is 12.2 Å². The second-order valence-corrected chi connectivity index (χ2v) is 3.73. The quantitative estimate of drug-likeness (QED) is 0.664. The fourth-order valence-corrected chi connectivity index (χ4v) is 1.71. The van der Waals surface area contributed by atoms with Crippen LogP contribution in [-0.4, -0.2) is 43.3 Å². The summed E-state index contributed by atoms with van der Waals surface area (Å²) in [5.74, 6) is 0. The van der Waals surface area contributed by atoms with E-state index < -0.39 is 0 Å². The summed E-state index contributed by atoms with van der Waals surface area (Å²) in [6.45, 7) is 6.41. The third-order valence-electron chi connectivity index (χ3n) is 2.58. The van der Waals surface area contributed by atoms with Gasteiger partial charge in [-0.05, 0) is 13.0 Å². The molecule has 0 bridgehead atoms. The Morgan fingerprint density at radius 2 is 2.21 bits per heavy atom. The number of nitrogens with zero attached hydrogens (tertiary/aromatic N) is 2. The van der Waals surface area contributed by atoms with Crippen LogP contribution < -0.4 is 5.32 Å². The molecular weight excluding hydrogens is 174 g/mol. The van der Waals surface area contributed by atoms with Crippen LogP contribution >= 0.6 is 0 Å². The summed E-state index contributed by atoms with van der Waals surface area (Å²) in [6, 6.07) is 0.312. The topological polar surface area (TPSA) is 27.6 Å². The van der Waals surface area contributed by atoms with Crippen molar-refractivity contribution in [3.8, 4) is 0 Å². The molecule has 0 amide bonds. The maximum atomic E-state index is 4.44. The number of piperazine rings is 1. The molecule has 14 heavy (non-hydrogen) atoms. The zero-order chi connectivity index (χ0) is 9.80. The van der Waals surface area contributed by atoms with Gasteiger partial charge >= 0.3 is 0 Å². The third kappa shape index (κ3) is 2.23. The first-order valence-corrected chi connectivity index (χ1v) is 5.23. The molecule has 0 saturated carbocycles. The lowest BCUT2D eigenvalue weighted by Crippen LogP contribution is -2.43. The molecule has 1 N–H and O–H groups in total. The Labute approximate surface area is 85.2 Å². The van der Waals surface area contributed by atoms with Crippen LogP contribution in [0, 0.1) is 0 Å². The third-order valence-corrected chi connectivity index (χ3v) is 2.58. The lowest BCUT2D eigenvalue weighted by Gasteiger charge is -2.29. The molecule has 2 rings (SSSR count). The monoisotopic (exact) mass is 191 g/mol. The molecule has 0 radical (unpaired) electrons. The predicted molar refractivity (Wildman–Crippen MR) is 59.6 cm³/mol. The zero-order valence-corrected chi connectivity index (χ0v) is 8.61. The van der Waals surface area contributed by atoms with Gasteiger partial charge in [0.25, 0.3) is 0 Å². The molecule has 1 atom stereocenters. The van der Waals surface area contributed by atoms with Gasteiger partial charge in [-0.25, -0.2) is 0 Å². The highest BCUT2D eigenvalue weighted by molar-refractivity contribution is 5.79. The minimum Gasteiger partial charge on any atom is -0.368 e. The second kappa shape index (κ2) is 4.42. The average molecular weight is 191 g/mol. The van der Waals surface area contributed by atoms with Crippen LogP contribution in [0.1, 0.15) is 6.92 Å². The maximum Gasteiger partial charge on any atom is 0.0655 e. The molecule has 76 valence electrons. The molecule has 1 saturated heterocycles. The van der Waals surface area contributed by atoms with Crippen LogP contribution in [0.5, 0.6) is 0 Å². The predicted octanol–water partition coefficient (Wildman–Crippen LogP) is 0.805. The van der Waals surface area contributed by atoms with Crippen molar-refractivity contribution >= 4 is 6.21 Å². The van der Waals surface area contributed by atoms with Gasteiger partial charge in [-0.2, -0.15) is 0 Å². The van der Waals surface area contributed by atoms with E-state index in [1.807, 2.05) is 6.21 Å². The normalized spacial score (nSPS) is 27.4. The lowest BCUT2D eigenvalue weighted by molar-refractivity contribution is 0.313. The molecule has 0 spiro atoms. The van der Waals surface area contributed by atoms with Gasteiger partial charge in [0.15, 0.2) is 0 Å². The minimum atomic E-state index is 0.312. The minimum absolute atomic E-state index is 0.312. The van der Waals surface area contributed by atoms with Crippen LogP contribution in [0.3, 0.4) is 0 Å². The Morgan fingerprint density at radius 3 is 3.00 bits per heavy atom. The molecule has 2 heterocycles. The van der Waals surface area contributed by atoms with Crippen molar-refractivity contribution in [3.63, 3.8) is 0 Å². The molecule has 2 aliphatic rings. The van der Waals surface area contributed by atoms with Gasteiger partial charge in [0.1, 0.15) is 0 Å². The van der Waals surface area contributed by atoms with E-state index in [0.29, 0.717) is 6.04 Å². The van der Waals surface area contributed by atoms with Gasteiger partial charge in [-0.3, -0.25) is 4.99 Å². The highest BCUT2D eigenvalue weighted by atomic mass is 15.2. The summed E-state index contributed by atoms with van der Waals surface area (Å²) in [7, 11) is 0. The molecule has 0 aromatic heterocycles. The standard InChI is InChI=1S/C11H17N3/c1-10-3-2-4-11(9-13-10)14-7-5-12-6-8-14/h2-4,9-10,12H,5-8H2,1H3. The largest absolute Gasteiger partial charge is 0.368 e. The summed E-state index contributed by atoms with van der Waals surface area (Å²) >= 11 is 0. The Morgan fingerprint density at radius 1 is 1.43 bits per heavy atom. The van der Waals surface area contributed by atoms with Crippen LogP contribution in [0.2, 0.25) is 0 Å². The summed E-state index contributed by atoms with van der Waals surface area (Å²) in [5.41, 5.74) is 1.24. The van der Waals surface area contributed by atoms with Crippen LogP contribution in [0.25, 0.3) is 0 Å². The van der Waals surface area contributed by atoms with Crippen molar-refractivity contribution in [2.45, 2.75) is 13.0 Å². The van der Waals surface area contributed by atoms with E-state index in [4.69, 9.17) is 0 Å². The molecular formula is C11H17N3. The number of aliphatic imine (C=N–C) groups is 1. The smallest absolute Gasteiger partial charge is 0.0655 e. The van der Waals surface area contributed by atoms with Crippen molar-refractivity contribution in [1.82, 2.24) is 10.2 Å². The van der Waals surface area contributed by atoms with Crippen molar-refractivity contribution < 1.29 is 0 Å². The summed E-state index contributed by atoms with van der Waals surface area (Å²) in [4.78, 5) is 6.82. The van der Waals surface area contributed by atoms with Crippen molar-refractivity contribution in [2.75, 3.05) is 26.2 Å². The first-order valence-electron chi connectivity index (χ1n) is 5.23. The van der Waals surface area contributed by atoms with Crippen LogP contribution in [0.15, 0.2) is 28.9 Å². The van der Waals surface area contributed by atoms with Gasteiger partial charge in [-0.15, -0.1) is 0 Å². The Bertz CT molecular complexity index is 272. The van der Waals surface area contributed by atoms with Crippen molar-refractivity contribution in [2.24, 2.45) is 4.99 Å². The van der Waals surface area contributed by atoms with E-state index in [9.17, 15) is 0 Å². The highest BCUT2D eigenvalue weighted by Gasteiger charge is 2.11. The Balaban J connectivity index is 2.06. The van der Waals surface area contributed by atoms with E-state index in [1.165, 1.54) is 5.70 Å². The van der Waals surface area contributed by atoms with Gasteiger partial charge in [0, 0.05) is 32.4 Å². The summed E-state index contributed by atoms with van der Waals surface area (Å²) < 4.78 is 0. The molecule has 1 unspecified atom stereocenters. The first kappa shape index (κ1) is 9.46. The Kier molecular flexibility index (Phi) is 2.99. The zero-order valence-electron chi connectivity index (χ0n) is 8.61. The highest BCUT2D eigenvalue weighted by Crippen LogP contribution is 2.08. The number of hydrogen-bond donors (Lipinski definition) is 1. The van der Waals surface area contributed by atoms with Crippen molar-refractivity contribution in [3.05, 3.63) is 23.9 Å². The van der Waals surface area contributed by atoms with Gasteiger partial charge in [0.05, 0.1) is 11.7 Å². The molecule has 3 heteroatoms. The van der Waals surface area contributed by atoms with E-state index in [0.717, 1.165) is 26.2 Å². The Hall–Kier alpha value is -1.09. The molecule has 0 aromatic carbocycles. The van der Waals surface area contributed by atoms with Crippen LogP contribution in [-0.2, 0) is 0 Å². The van der Waals surface area contributed by atoms with Crippen molar-refractivity contribution in [1.29, 1.82) is 0 Å². The fraction of sp³-hybridized carbons (Fsp3) is 0.545. The van der Waals surface area contributed by atoms with E-state index in [1.54, 1.807) is 0 Å².